The number of rotatable bonds is 7. The van der Waals surface area contributed by atoms with E-state index in [1.54, 1.807) is 0 Å². The molecule has 0 aliphatic rings. The summed E-state index contributed by atoms with van der Waals surface area (Å²) in [5, 5.41) is 9.32. The van der Waals surface area contributed by atoms with Gasteiger partial charge in [0, 0.05) is 6.42 Å². The third kappa shape index (κ3) is 5.03. The molecule has 1 aromatic rings. The fraction of sp³-hybridized carbons (Fsp3) is 0.562. The second kappa shape index (κ2) is 7.29. The smallest absolute Gasteiger partial charge is 0.333 e. The summed E-state index contributed by atoms with van der Waals surface area (Å²) in [5.74, 6) is -0.287. The van der Waals surface area contributed by atoms with Crippen LogP contribution in [0, 0.1) is 11.8 Å². The second-order valence-electron chi connectivity index (χ2n) is 5.61. The number of ether oxygens (including phenoxy) is 1. The molecule has 3 heteroatoms. The summed E-state index contributed by atoms with van der Waals surface area (Å²) in [4.78, 5) is 11.4. The van der Waals surface area contributed by atoms with Crippen molar-refractivity contribution in [3.05, 3.63) is 35.9 Å². The minimum Gasteiger partial charge on any atom is -0.479 e. The SMILES string of the molecule is CC(C)C(O[C@@H](Cc1ccccc1)C(=O)O)C(C)C. The van der Waals surface area contributed by atoms with Gasteiger partial charge < -0.3 is 9.84 Å². The number of hydrogen-bond donors (Lipinski definition) is 1. The zero-order valence-electron chi connectivity index (χ0n) is 12.2. The molecule has 0 bridgehead atoms. The predicted octanol–water partition coefficient (Wildman–Crippen LogP) is 3.38. The van der Waals surface area contributed by atoms with Gasteiger partial charge in [-0.2, -0.15) is 0 Å². The Morgan fingerprint density at radius 3 is 2.05 bits per heavy atom. The van der Waals surface area contributed by atoms with Gasteiger partial charge in [0.25, 0.3) is 0 Å². The van der Waals surface area contributed by atoms with Gasteiger partial charge in [-0.25, -0.2) is 4.79 Å². The lowest BCUT2D eigenvalue weighted by molar-refractivity contribution is -0.158. The zero-order valence-corrected chi connectivity index (χ0v) is 12.2. The van der Waals surface area contributed by atoms with E-state index in [1.807, 2.05) is 30.3 Å². The molecule has 19 heavy (non-hydrogen) atoms. The van der Waals surface area contributed by atoms with Crippen molar-refractivity contribution in [2.75, 3.05) is 0 Å². The Labute approximate surface area is 115 Å². The van der Waals surface area contributed by atoms with Gasteiger partial charge >= 0.3 is 5.97 Å². The Hall–Kier alpha value is -1.35. The first-order valence-corrected chi connectivity index (χ1v) is 6.84. The van der Waals surface area contributed by atoms with Crippen LogP contribution in [-0.4, -0.2) is 23.3 Å². The van der Waals surface area contributed by atoms with E-state index in [-0.39, 0.29) is 6.10 Å². The second-order valence-corrected chi connectivity index (χ2v) is 5.61. The minimum atomic E-state index is -0.893. The van der Waals surface area contributed by atoms with E-state index in [0.717, 1.165) is 5.56 Å². The monoisotopic (exact) mass is 264 g/mol. The van der Waals surface area contributed by atoms with Crippen LogP contribution in [0.4, 0.5) is 0 Å². The molecular weight excluding hydrogens is 240 g/mol. The van der Waals surface area contributed by atoms with Gasteiger partial charge in [-0.15, -0.1) is 0 Å². The van der Waals surface area contributed by atoms with Gasteiger partial charge in [0.15, 0.2) is 6.10 Å². The Balaban J connectivity index is 2.75. The molecule has 0 saturated heterocycles. The Morgan fingerprint density at radius 1 is 1.11 bits per heavy atom. The standard InChI is InChI=1S/C16H24O3/c1-11(2)15(12(3)4)19-14(16(17)18)10-13-8-6-5-7-9-13/h5-9,11-12,14-15H,10H2,1-4H3,(H,17,18)/t14-/m0/s1. The fourth-order valence-electron chi connectivity index (χ4n) is 2.30. The quantitative estimate of drug-likeness (QED) is 0.821. The molecule has 0 aliphatic heterocycles. The topological polar surface area (TPSA) is 46.5 Å². The third-order valence-electron chi connectivity index (χ3n) is 3.17. The number of aliphatic carboxylic acids is 1. The van der Waals surface area contributed by atoms with Gasteiger partial charge in [-0.3, -0.25) is 0 Å². The number of hydrogen-bond acceptors (Lipinski definition) is 2. The van der Waals surface area contributed by atoms with Crippen LogP contribution >= 0.6 is 0 Å². The molecule has 0 aromatic heterocycles. The lowest BCUT2D eigenvalue weighted by Crippen LogP contribution is -2.36. The number of carboxylic acid groups (broad SMARTS) is 1. The van der Waals surface area contributed by atoms with Crippen LogP contribution in [0.5, 0.6) is 0 Å². The summed E-state index contributed by atoms with van der Waals surface area (Å²) in [6.07, 6.45) is -0.409. The molecule has 0 spiro atoms. The van der Waals surface area contributed by atoms with Crippen molar-refractivity contribution in [2.45, 2.75) is 46.3 Å². The Bertz CT molecular complexity index is 376. The Kier molecular flexibility index (Phi) is 6.03. The van der Waals surface area contributed by atoms with Crippen LogP contribution in [0.2, 0.25) is 0 Å². The summed E-state index contributed by atoms with van der Waals surface area (Å²) in [6, 6.07) is 9.61. The third-order valence-corrected chi connectivity index (χ3v) is 3.17. The summed E-state index contributed by atoms with van der Waals surface area (Å²) < 4.78 is 5.84. The van der Waals surface area contributed by atoms with Gasteiger partial charge in [-0.1, -0.05) is 58.0 Å². The molecule has 0 radical (unpaired) electrons. The summed E-state index contributed by atoms with van der Waals surface area (Å²) >= 11 is 0. The Morgan fingerprint density at radius 2 is 1.63 bits per heavy atom. The van der Waals surface area contributed by atoms with Gasteiger partial charge in [0.05, 0.1) is 6.10 Å². The number of carbonyl (C=O) groups is 1. The van der Waals surface area contributed by atoms with Crippen LogP contribution in [0.15, 0.2) is 30.3 Å². The van der Waals surface area contributed by atoms with Crippen LogP contribution in [0.25, 0.3) is 0 Å². The lowest BCUT2D eigenvalue weighted by atomic mass is 9.95. The molecule has 1 aromatic carbocycles. The molecule has 0 aliphatic carbocycles. The van der Waals surface area contributed by atoms with E-state index in [1.165, 1.54) is 0 Å². The molecule has 0 fully saturated rings. The maximum absolute atomic E-state index is 11.4. The average Bonchev–Trinajstić information content (AvgIpc) is 2.34. The average molecular weight is 264 g/mol. The summed E-state index contributed by atoms with van der Waals surface area (Å²) in [6.45, 7) is 8.25. The predicted molar refractivity (Wildman–Crippen MR) is 76.1 cm³/mol. The first kappa shape index (κ1) is 15.7. The van der Waals surface area contributed by atoms with Crippen molar-refractivity contribution in [1.29, 1.82) is 0 Å². The molecule has 0 unspecified atom stereocenters. The maximum Gasteiger partial charge on any atom is 0.333 e. The van der Waals surface area contributed by atoms with Crippen molar-refractivity contribution < 1.29 is 14.6 Å². The van der Waals surface area contributed by atoms with Crippen LogP contribution in [0.3, 0.4) is 0 Å². The van der Waals surface area contributed by atoms with E-state index < -0.39 is 12.1 Å². The molecule has 106 valence electrons. The molecular formula is C16H24O3. The molecule has 0 heterocycles. The highest BCUT2D eigenvalue weighted by Gasteiger charge is 2.27. The molecule has 3 nitrogen and oxygen atoms in total. The largest absolute Gasteiger partial charge is 0.479 e. The lowest BCUT2D eigenvalue weighted by Gasteiger charge is -2.28. The molecule has 0 amide bonds. The number of carboxylic acids is 1. The first-order valence-electron chi connectivity index (χ1n) is 6.84. The zero-order chi connectivity index (χ0) is 14.4. The van der Waals surface area contributed by atoms with E-state index in [2.05, 4.69) is 27.7 Å². The number of benzene rings is 1. The van der Waals surface area contributed by atoms with Crippen molar-refractivity contribution >= 4 is 5.97 Å². The molecule has 1 N–H and O–H groups in total. The van der Waals surface area contributed by atoms with Crippen molar-refractivity contribution in [3.63, 3.8) is 0 Å². The summed E-state index contributed by atoms with van der Waals surface area (Å²) in [7, 11) is 0. The van der Waals surface area contributed by atoms with Gasteiger partial charge in [-0.05, 0) is 17.4 Å². The summed E-state index contributed by atoms with van der Waals surface area (Å²) in [5.41, 5.74) is 0.987. The highest BCUT2D eigenvalue weighted by molar-refractivity contribution is 5.72. The first-order chi connectivity index (χ1) is 8.91. The van der Waals surface area contributed by atoms with E-state index >= 15 is 0 Å². The highest BCUT2D eigenvalue weighted by Crippen LogP contribution is 2.20. The molecule has 1 rings (SSSR count). The molecule has 1 atom stereocenters. The van der Waals surface area contributed by atoms with Gasteiger partial charge in [0.2, 0.25) is 0 Å². The normalized spacial score (nSPS) is 13.2. The van der Waals surface area contributed by atoms with E-state index in [0.29, 0.717) is 18.3 Å². The van der Waals surface area contributed by atoms with E-state index in [4.69, 9.17) is 4.74 Å². The van der Waals surface area contributed by atoms with Crippen LogP contribution in [-0.2, 0) is 16.0 Å². The van der Waals surface area contributed by atoms with Crippen molar-refractivity contribution in [2.24, 2.45) is 11.8 Å². The van der Waals surface area contributed by atoms with Gasteiger partial charge in [0.1, 0.15) is 0 Å². The maximum atomic E-state index is 11.4. The fourth-order valence-corrected chi connectivity index (χ4v) is 2.30. The molecule has 0 saturated carbocycles. The van der Waals surface area contributed by atoms with Crippen LogP contribution < -0.4 is 0 Å². The minimum absolute atomic E-state index is 0.0372. The highest BCUT2D eigenvalue weighted by atomic mass is 16.5. The van der Waals surface area contributed by atoms with Crippen molar-refractivity contribution in [1.82, 2.24) is 0 Å². The van der Waals surface area contributed by atoms with E-state index in [9.17, 15) is 9.90 Å². The van der Waals surface area contributed by atoms with Crippen LogP contribution in [0.1, 0.15) is 33.3 Å². The van der Waals surface area contributed by atoms with Crippen molar-refractivity contribution in [3.8, 4) is 0 Å².